The number of nitrogens with zero attached hydrogens (tertiary/aromatic N) is 3. The highest BCUT2D eigenvalue weighted by molar-refractivity contribution is 7.90. The predicted molar refractivity (Wildman–Crippen MR) is 91.9 cm³/mol. The third kappa shape index (κ3) is 3.04. The Morgan fingerprint density at radius 2 is 1.92 bits per heavy atom. The number of sulfonamides is 1. The van der Waals surface area contributed by atoms with Gasteiger partial charge in [0.25, 0.3) is 10.0 Å². The van der Waals surface area contributed by atoms with Gasteiger partial charge in [0, 0.05) is 31.7 Å². The van der Waals surface area contributed by atoms with Crippen LogP contribution >= 0.6 is 0 Å². The maximum absolute atomic E-state index is 12.8. The lowest BCUT2D eigenvalue weighted by Crippen LogP contribution is -2.49. The molecule has 1 aromatic carbocycles. The molecule has 2 saturated heterocycles. The predicted octanol–water partition coefficient (Wildman–Crippen LogP) is 0.706. The summed E-state index contributed by atoms with van der Waals surface area (Å²) in [6.45, 7) is 3.66. The van der Waals surface area contributed by atoms with Gasteiger partial charge in [0.15, 0.2) is 5.84 Å². The summed E-state index contributed by atoms with van der Waals surface area (Å²) >= 11 is 0. The molecule has 1 aromatic rings. The van der Waals surface area contributed by atoms with Gasteiger partial charge in [-0.3, -0.25) is 4.79 Å². The molecule has 3 heterocycles. The van der Waals surface area contributed by atoms with Gasteiger partial charge < -0.3 is 14.5 Å². The molecule has 3 aliphatic rings. The number of rotatable bonds is 1. The molecule has 0 saturated carbocycles. The van der Waals surface area contributed by atoms with Crippen LogP contribution in [0.5, 0.6) is 0 Å². The number of morpholine rings is 1. The average Bonchev–Trinajstić information content (AvgIpc) is 2.94. The second-order valence-corrected chi connectivity index (χ2v) is 8.18. The molecule has 0 spiro atoms. The number of amides is 1. The monoisotopic (exact) mass is 363 g/mol. The van der Waals surface area contributed by atoms with Crippen LogP contribution in [0.1, 0.15) is 18.4 Å². The van der Waals surface area contributed by atoms with Crippen LogP contribution in [0.4, 0.5) is 0 Å². The lowest BCUT2D eigenvalue weighted by Gasteiger charge is -2.37. The zero-order valence-corrected chi connectivity index (χ0v) is 14.7. The Kier molecular flexibility index (Phi) is 4.24. The molecule has 0 aliphatic carbocycles. The largest absolute Gasteiger partial charge is 0.378 e. The highest BCUT2D eigenvalue weighted by Gasteiger charge is 2.36. The lowest BCUT2D eigenvalue weighted by atomic mass is 9.95. The van der Waals surface area contributed by atoms with Gasteiger partial charge in [-0.15, -0.1) is 4.40 Å². The van der Waals surface area contributed by atoms with Crippen molar-refractivity contribution in [1.29, 1.82) is 0 Å². The van der Waals surface area contributed by atoms with Crippen molar-refractivity contribution in [3.63, 3.8) is 0 Å². The summed E-state index contributed by atoms with van der Waals surface area (Å²) in [6.07, 6.45) is 1.68. The van der Waals surface area contributed by atoms with Gasteiger partial charge >= 0.3 is 0 Å². The van der Waals surface area contributed by atoms with E-state index in [1.54, 1.807) is 18.2 Å². The minimum Gasteiger partial charge on any atom is -0.378 e. The summed E-state index contributed by atoms with van der Waals surface area (Å²) in [5, 5.41) is 0. The fourth-order valence-electron chi connectivity index (χ4n) is 3.73. The van der Waals surface area contributed by atoms with Crippen molar-refractivity contribution in [1.82, 2.24) is 9.80 Å². The highest BCUT2D eigenvalue weighted by Crippen LogP contribution is 2.30. The van der Waals surface area contributed by atoms with E-state index in [2.05, 4.69) is 4.40 Å². The van der Waals surface area contributed by atoms with E-state index in [1.165, 1.54) is 0 Å². The topological polar surface area (TPSA) is 79.3 Å². The minimum absolute atomic E-state index is 0.120. The van der Waals surface area contributed by atoms with Crippen LogP contribution in [0.15, 0.2) is 33.6 Å². The summed E-state index contributed by atoms with van der Waals surface area (Å²) in [4.78, 5) is 16.8. The van der Waals surface area contributed by atoms with Crippen LogP contribution in [0.2, 0.25) is 0 Å². The molecule has 4 rings (SSSR count). The minimum atomic E-state index is -3.63. The highest BCUT2D eigenvalue weighted by atomic mass is 32.2. The number of benzene rings is 1. The van der Waals surface area contributed by atoms with Crippen molar-refractivity contribution in [2.45, 2.75) is 17.7 Å². The first-order valence-electron chi connectivity index (χ1n) is 8.62. The Morgan fingerprint density at radius 1 is 1.16 bits per heavy atom. The van der Waals surface area contributed by atoms with Crippen LogP contribution in [0.3, 0.4) is 0 Å². The van der Waals surface area contributed by atoms with E-state index in [-0.39, 0.29) is 16.7 Å². The van der Waals surface area contributed by atoms with Gasteiger partial charge in [0.1, 0.15) is 4.90 Å². The van der Waals surface area contributed by atoms with E-state index in [1.807, 2.05) is 15.9 Å². The third-order valence-corrected chi connectivity index (χ3v) is 6.33. The lowest BCUT2D eigenvalue weighted by molar-refractivity contribution is -0.140. The number of ether oxygens (including phenoxy) is 1. The molecule has 7 nitrogen and oxygen atoms in total. The summed E-state index contributed by atoms with van der Waals surface area (Å²) in [5.41, 5.74) is 0.641. The molecule has 25 heavy (non-hydrogen) atoms. The second kappa shape index (κ2) is 6.42. The molecule has 3 aliphatic heterocycles. The van der Waals surface area contributed by atoms with Crippen molar-refractivity contribution in [2.75, 3.05) is 39.4 Å². The van der Waals surface area contributed by atoms with Crippen LogP contribution in [0.25, 0.3) is 0 Å². The molecule has 0 radical (unpaired) electrons. The first-order valence-corrected chi connectivity index (χ1v) is 10.1. The Labute approximate surface area is 147 Å². The molecule has 0 unspecified atom stereocenters. The first-order chi connectivity index (χ1) is 12.1. The van der Waals surface area contributed by atoms with Crippen LogP contribution in [0, 0.1) is 5.92 Å². The quantitative estimate of drug-likeness (QED) is 0.734. The molecular weight excluding hydrogens is 342 g/mol. The number of hydrogen-bond donors (Lipinski definition) is 0. The summed E-state index contributed by atoms with van der Waals surface area (Å²) in [5.74, 6) is 0.503. The second-order valence-electron chi connectivity index (χ2n) is 6.61. The Bertz CT molecular complexity index is 815. The van der Waals surface area contributed by atoms with E-state index in [4.69, 9.17) is 4.74 Å². The number of amidine groups is 1. The van der Waals surface area contributed by atoms with Gasteiger partial charge in [0.05, 0.1) is 19.1 Å². The molecule has 1 atom stereocenters. The number of likely N-dealkylation sites (tertiary alicyclic amines) is 1. The van der Waals surface area contributed by atoms with Crippen molar-refractivity contribution in [3.05, 3.63) is 29.8 Å². The molecule has 0 aromatic heterocycles. The van der Waals surface area contributed by atoms with Crippen molar-refractivity contribution < 1.29 is 17.9 Å². The third-order valence-electron chi connectivity index (χ3n) is 5.01. The fourth-order valence-corrected chi connectivity index (χ4v) is 4.96. The smallest absolute Gasteiger partial charge is 0.285 e. The summed E-state index contributed by atoms with van der Waals surface area (Å²) < 4.78 is 33.8. The standard InChI is InChI=1S/C17H21N3O4S/c21-17(19-8-10-24-11-9-19)13-4-3-7-20(12-13)16-14-5-1-2-6-15(14)25(22,23)18-16/h1-2,5-6,13H,3-4,7-12H2/t13-/m0/s1. The SMILES string of the molecule is O=C([C@H]1CCCN(C2=NS(=O)(=O)c3ccccc32)C1)N1CCOCC1. The molecule has 8 heteroatoms. The zero-order chi connectivity index (χ0) is 17.4. The van der Waals surface area contributed by atoms with Crippen molar-refractivity contribution in [3.8, 4) is 0 Å². The Hall–Kier alpha value is -1.93. The van der Waals surface area contributed by atoms with Crippen LogP contribution < -0.4 is 0 Å². The van der Waals surface area contributed by atoms with Crippen LogP contribution in [-0.2, 0) is 19.6 Å². The molecule has 0 bridgehead atoms. The summed E-state index contributed by atoms with van der Waals surface area (Å²) in [7, 11) is -3.63. The number of fused-ring (bicyclic) bond motifs is 1. The van der Waals surface area contributed by atoms with Crippen molar-refractivity contribution >= 4 is 21.8 Å². The Morgan fingerprint density at radius 3 is 2.72 bits per heavy atom. The fraction of sp³-hybridized carbons (Fsp3) is 0.529. The normalized spacial score (nSPS) is 25.4. The van der Waals surface area contributed by atoms with E-state index < -0.39 is 10.0 Å². The number of hydrogen-bond acceptors (Lipinski definition) is 5. The molecule has 0 N–H and O–H groups in total. The molecule has 134 valence electrons. The van der Waals surface area contributed by atoms with Gasteiger partial charge in [-0.25, -0.2) is 0 Å². The first kappa shape index (κ1) is 16.5. The van der Waals surface area contributed by atoms with Gasteiger partial charge in [-0.2, -0.15) is 8.42 Å². The zero-order valence-electron chi connectivity index (χ0n) is 13.9. The van der Waals surface area contributed by atoms with Gasteiger partial charge in [0.2, 0.25) is 5.91 Å². The number of carbonyl (C=O) groups excluding carboxylic acids is 1. The van der Waals surface area contributed by atoms with E-state index >= 15 is 0 Å². The maximum Gasteiger partial charge on any atom is 0.285 e. The number of piperidine rings is 1. The van der Waals surface area contributed by atoms with Gasteiger partial charge in [-0.05, 0) is 25.0 Å². The van der Waals surface area contributed by atoms with E-state index in [9.17, 15) is 13.2 Å². The Balaban J connectivity index is 1.55. The maximum atomic E-state index is 12.8. The molecule has 1 amide bonds. The van der Waals surface area contributed by atoms with E-state index in [0.717, 1.165) is 19.4 Å². The molecular formula is C17H21N3O4S. The molecule has 2 fully saturated rings. The van der Waals surface area contributed by atoms with Crippen LogP contribution in [-0.4, -0.2) is 69.4 Å². The number of carbonyl (C=O) groups is 1. The van der Waals surface area contributed by atoms with E-state index in [0.29, 0.717) is 44.2 Å². The van der Waals surface area contributed by atoms with Crippen molar-refractivity contribution in [2.24, 2.45) is 10.3 Å². The summed E-state index contributed by atoms with van der Waals surface area (Å²) in [6, 6.07) is 6.89. The van der Waals surface area contributed by atoms with Gasteiger partial charge in [-0.1, -0.05) is 12.1 Å². The average molecular weight is 363 g/mol.